The Hall–Kier alpha value is -1.56. The van der Waals surface area contributed by atoms with Gasteiger partial charge in [-0.3, -0.25) is 4.79 Å². The van der Waals surface area contributed by atoms with E-state index < -0.39 is 5.41 Å². The largest absolute Gasteiger partial charge is 0.381 e. The van der Waals surface area contributed by atoms with Gasteiger partial charge >= 0.3 is 0 Å². The van der Waals surface area contributed by atoms with Crippen molar-refractivity contribution in [1.29, 1.82) is 0 Å². The predicted molar refractivity (Wildman–Crippen MR) is 148 cm³/mol. The Bertz CT molecular complexity index is 1020. The molecule has 196 valence electrons. The maximum Gasteiger partial charge on any atom is 0.232 e. The fourth-order valence-corrected chi connectivity index (χ4v) is 6.88. The molecule has 1 heterocycles. The predicted octanol–water partition coefficient (Wildman–Crippen LogP) is 8.63. The molecule has 0 N–H and O–H groups in total. The van der Waals surface area contributed by atoms with E-state index in [2.05, 4.69) is 0 Å². The first kappa shape index (κ1) is 27.5. The van der Waals surface area contributed by atoms with Crippen LogP contribution in [0.15, 0.2) is 47.4 Å². The lowest BCUT2D eigenvalue weighted by Gasteiger charge is -2.38. The van der Waals surface area contributed by atoms with Crippen LogP contribution in [0.4, 0.5) is 10.1 Å². The molecule has 2 aliphatic rings. The lowest BCUT2D eigenvalue weighted by atomic mass is 9.86. The van der Waals surface area contributed by atoms with Gasteiger partial charge in [-0.1, -0.05) is 70.5 Å². The SMILES string of the molecule is CC(C)(C)C(=O)N(CCC1CCCCC1)c1ccc(C2(Sc3ccc(Cl)cc3)CCOCC2)cc1F. The summed E-state index contributed by atoms with van der Waals surface area (Å²) in [5.41, 5.74) is 0.764. The van der Waals surface area contributed by atoms with Crippen molar-refractivity contribution in [1.82, 2.24) is 0 Å². The number of amides is 1. The number of hydrogen-bond acceptors (Lipinski definition) is 3. The number of nitrogens with zero attached hydrogens (tertiary/aromatic N) is 1. The molecule has 0 spiro atoms. The monoisotopic (exact) mass is 531 g/mol. The summed E-state index contributed by atoms with van der Waals surface area (Å²) in [5, 5.41) is 0.701. The summed E-state index contributed by atoms with van der Waals surface area (Å²) < 4.78 is 21.3. The van der Waals surface area contributed by atoms with Gasteiger partial charge < -0.3 is 9.64 Å². The zero-order chi connectivity index (χ0) is 25.8. The second-order valence-electron chi connectivity index (χ2n) is 11.3. The zero-order valence-corrected chi connectivity index (χ0v) is 23.4. The van der Waals surface area contributed by atoms with Crippen molar-refractivity contribution in [3.8, 4) is 0 Å². The Kier molecular flexibility index (Phi) is 9.06. The number of thioether (sulfide) groups is 1. The lowest BCUT2D eigenvalue weighted by molar-refractivity contribution is -0.125. The van der Waals surface area contributed by atoms with Crippen LogP contribution in [-0.2, 0) is 14.3 Å². The van der Waals surface area contributed by atoms with E-state index >= 15 is 4.39 Å². The molecule has 0 radical (unpaired) electrons. The maximum atomic E-state index is 15.9. The Morgan fingerprint density at radius 2 is 1.75 bits per heavy atom. The molecule has 1 saturated heterocycles. The summed E-state index contributed by atoms with van der Waals surface area (Å²) in [6, 6.07) is 13.3. The van der Waals surface area contributed by atoms with Crippen LogP contribution in [0.5, 0.6) is 0 Å². The zero-order valence-electron chi connectivity index (χ0n) is 21.8. The molecule has 2 aromatic carbocycles. The molecule has 1 aliphatic carbocycles. The molecule has 6 heteroatoms. The Balaban J connectivity index is 1.62. The minimum Gasteiger partial charge on any atom is -0.381 e. The fraction of sp³-hybridized carbons (Fsp3) is 0.567. The van der Waals surface area contributed by atoms with Crippen molar-refractivity contribution in [3.05, 3.63) is 58.9 Å². The molecule has 1 amide bonds. The van der Waals surface area contributed by atoms with Gasteiger partial charge in [0.2, 0.25) is 5.91 Å². The minimum absolute atomic E-state index is 0.0266. The van der Waals surface area contributed by atoms with Gasteiger partial charge in [0.05, 0.1) is 5.69 Å². The molecular formula is C30H39ClFNO2S. The van der Waals surface area contributed by atoms with Gasteiger partial charge in [-0.05, 0) is 67.1 Å². The first-order chi connectivity index (χ1) is 17.2. The van der Waals surface area contributed by atoms with Crippen LogP contribution in [0.3, 0.4) is 0 Å². The number of ether oxygens (including phenoxy) is 1. The molecule has 3 nitrogen and oxygen atoms in total. The third kappa shape index (κ3) is 6.65. The van der Waals surface area contributed by atoms with E-state index in [0.717, 1.165) is 29.7 Å². The van der Waals surface area contributed by atoms with Gasteiger partial charge in [-0.15, -0.1) is 11.8 Å². The number of benzene rings is 2. The quantitative estimate of drug-likeness (QED) is 0.358. The molecule has 0 unspecified atom stereocenters. The summed E-state index contributed by atoms with van der Waals surface area (Å²) in [6.45, 7) is 7.58. The molecule has 2 fully saturated rings. The lowest BCUT2D eigenvalue weighted by Crippen LogP contribution is -2.41. The smallest absolute Gasteiger partial charge is 0.232 e. The van der Waals surface area contributed by atoms with E-state index in [1.807, 2.05) is 57.2 Å². The van der Waals surface area contributed by atoms with Gasteiger partial charge in [-0.25, -0.2) is 4.39 Å². The van der Waals surface area contributed by atoms with E-state index in [0.29, 0.717) is 36.4 Å². The third-order valence-electron chi connectivity index (χ3n) is 7.56. The van der Waals surface area contributed by atoms with Gasteiger partial charge in [0.1, 0.15) is 5.82 Å². The number of rotatable bonds is 7. The number of halogens is 2. The molecule has 2 aromatic rings. The van der Waals surface area contributed by atoms with Gasteiger partial charge in [0.15, 0.2) is 0 Å². The van der Waals surface area contributed by atoms with Crippen LogP contribution < -0.4 is 4.90 Å². The highest BCUT2D eigenvalue weighted by Crippen LogP contribution is 2.49. The Morgan fingerprint density at radius 1 is 1.08 bits per heavy atom. The third-order valence-corrected chi connectivity index (χ3v) is 9.36. The molecule has 36 heavy (non-hydrogen) atoms. The van der Waals surface area contributed by atoms with Crippen LogP contribution in [0.1, 0.15) is 77.7 Å². The standard InChI is InChI=1S/C30H39ClFNO2S/c1-29(2,3)28(34)33(18-15-22-7-5-4-6-8-22)27-14-9-23(21-26(27)32)30(16-19-35-20-17-30)36-25-12-10-24(31)11-13-25/h9-14,21-22H,4-8,15-20H2,1-3H3. The van der Waals surface area contributed by atoms with Crippen molar-refractivity contribution >= 4 is 35.0 Å². The molecule has 0 aromatic heterocycles. The van der Waals surface area contributed by atoms with Gasteiger partial charge in [-0.2, -0.15) is 0 Å². The summed E-state index contributed by atoms with van der Waals surface area (Å²) in [7, 11) is 0. The topological polar surface area (TPSA) is 29.5 Å². The number of hydrogen-bond donors (Lipinski definition) is 0. The van der Waals surface area contributed by atoms with Crippen molar-refractivity contribution < 1.29 is 13.9 Å². The molecule has 0 bridgehead atoms. The highest BCUT2D eigenvalue weighted by atomic mass is 35.5. The van der Waals surface area contributed by atoms with Gasteiger partial charge in [0.25, 0.3) is 0 Å². The van der Waals surface area contributed by atoms with Crippen LogP contribution in [-0.4, -0.2) is 25.7 Å². The highest BCUT2D eigenvalue weighted by molar-refractivity contribution is 8.00. The minimum atomic E-state index is -0.579. The summed E-state index contributed by atoms with van der Waals surface area (Å²) in [4.78, 5) is 16.2. The average molecular weight is 532 g/mol. The van der Waals surface area contributed by atoms with Gasteiger partial charge in [0, 0.05) is 39.8 Å². The second-order valence-corrected chi connectivity index (χ2v) is 13.2. The molecule has 1 saturated carbocycles. The van der Waals surface area contributed by atoms with Crippen molar-refractivity contribution in [2.75, 3.05) is 24.7 Å². The van der Waals surface area contributed by atoms with E-state index in [9.17, 15) is 4.79 Å². The van der Waals surface area contributed by atoms with Crippen LogP contribution >= 0.6 is 23.4 Å². The molecule has 4 rings (SSSR count). The normalized spacial score (nSPS) is 18.7. The van der Waals surface area contributed by atoms with E-state index in [-0.39, 0.29) is 16.5 Å². The van der Waals surface area contributed by atoms with Crippen LogP contribution in [0, 0.1) is 17.2 Å². The molecule has 0 atom stereocenters. The summed E-state index contributed by atoms with van der Waals surface area (Å²) in [6.07, 6.45) is 8.78. The average Bonchev–Trinajstić information content (AvgIpc) is 2.87. The van der Waals surface area contributed by atoms with E-state index in [4.69, 9.17) is 16.3 Å². The molecule has 1 aliphatic heterocycles. The van der Waals surface area contributed by atoms with Crippen LogP contribution in [0.2, 0.25) is 5.02 Å². The van der Waals surface area contributed by atoms with Crippen LogP contribution in [0.25, 0.3) is 0 Å². The first-order valence-corrected chi connectivity index (χ1v) is 14.5. The number of carbonyl (C=O) groups excluding carboxylic acids is 1. The van der Waals surface area contributed by atoms with E-state index in [1.165, 1.54) is 32.1 Å². The maximum absolute atomic E-state index is 15.9. The number of carbonyl (C=O) groups is 1. The highest BCUT2D eigenvalue weighted by Gasteiger charge is 2.37. The molecular weight excluding hydrogens is 493 g/mol. The Morgan fingerprint density at radius 3 is 2.36 bits per heavy atom. The van der Waals surface area contributed by atoms with Crippen molar-refractivity contribution in [2.24, 2.45) is 11.3 Å². The Labute approximate surface area is 225 Å². The van der Waals surface area contributed by atoms with Crippen molar-refractivity contribution in [2.45, 2.75) is 81.8 Å². The van der Waals surface area contributed by atoms with Crippen molar-refractivity contribution in [3.63, 3.8) is 0 Å². The number of anilines is 1. The fourth-order valence-electron chi connectivity index (χ4n) is 5.41. The second kappa shape index (κ2) is 11.9. The first-order valence-electron chi connectivity index (χ1n) is 13.3. The summed E-state index contributed by atoms with van der Waals surface area (Å²) in [5.74, 6) is 0.273. The van der Waals surface area contributed by atoms with E-state index in [1.54, 1.807) is 22.7 Å². The summed E-state index contributed by atoms with van der Waals surface area (Å²) >= 11 is 7.85.